The average molecular weight is 444 g/mol. The first kappa shape index (κ1) is 21.2. The zero-order valence-corrected chi connectivity index (χ0v) is 17.4. The monoisotopic (exact) mass is 444 g/mol. The lowest BCUT2D eigenvalue weighted by Crippen LogP contribution is -2.25. The molecule has 0 bridgehead atoms. The summed E-state index contributed by atoms with van der Waals surface area (Å²) in [4.78, 5) is 11.0. The van der Waals surface area contributed by atoms with Gasteiger partial charge in [-0.05, 0) is 47.4 Å². The summed E-state index contributed by atoms with van der Waals surface area (Å²) in [5.74, 6) is -0.405. The van der Waals surface area contributed by atoms with Gasteiger partial charge in [-0.15, -0.1) is 0 Å². The quantitative estimate of drug-likeness (QED) is 0.554. The van der Waals surface area contributed by atoms with Crippen LogP contribution in [0.2, 0.25) is 0 Å². The zero-order chi connectivity index (χ0) is 21.8. The topological polar surface area (TPSA) is 97.6 Å². The van der Waals surface area contributed by atoms with Crippen LogP contribution in [0.1, 0.15) is 28.9 Å². The number of hydrogen-bond donors (Lipinski definition) is 2. The summed E-state index contributed by atoms with van der Waals surface area (Å²) in [7, 11) is -4.08. The normalized spacial score (nSPS) is 13.6. The van der Waals surface area contributed by atoms with Crippen molar-refractivity contribution in [2.45, 2.75) is 37.5 Å². The summed E-state index contributed by atoms with van der Waals surface area (Å²) in [5.41, 5.74) is 2.50. The van der Waals surface area contributed by atoms with Crippen molar-refractivity contribution < 1.29 is 26.8 Å². The Labute approximate surface area is 179 Å². The SMILES string of the molecule is O=C1CCc2cc(S(=O)(=O)NCc3cccc(COCc4ccco4)c3)c(F)cc2N1. The second-order valence-corrected chi connectivity index (χ2v) is 8.94. The van der Waals surface area contributed by atoms with Crippen LogP contribution in [0.25, 0.3) is 0 Å². The number of halogens is 1. The molecule has 0 radical (unpaired) electrons. The number of aryl methyl sites for hydroxylation is 1. The number of amides is 1. The van der Waals surface area contributed by atoms with Gasteiger partial charge in [-0.3, -0.25) is 4.79 Å². The Balaban J connectivity index is 1.41. The number of benzene rings is 2. The Bertz CT molecular complexity index is 1190. The molecule has 9 heteroatoms. The number of carbonyl (C=O) groups excluding carboxylic acids is 1. The van der Waals surface area contributed by atoms with Gasteiger partial charge in [0.25, 0.3) is 0 Å². The van der Waals surface area contributed by atoms with E-state index in [2.05, 4.69) is 10.0 Å². The van der Waals surface area contributed by atoms with Crippen molar-refractivity contribution in [2.75, 3.05) is 5.32 Å². The van der Waals surface area contributed by atoms with Crippen LogP contribution >= 0.6 is 0 Å². The first-order valence-corrected chi connectivity index (χ1v) is 11.2. The Morgan fingerprint density at radius 2 is 1.90 bits per heavy atom. The molecule has 1 aliphatic rings. The molecule has 3 aromatic rings. The maximum absolute atomic E-state index is 14.5. The van der Waals surface area contributed by atoms with Crippen LogP contribution < -0.4 is 10.0 Å². The molecular weight excluding hydrogens is 423 g/mol. The van der Waals surface area contributed by atoms with E-state index < -0.39 is 20.7 Å². The van der Waals surface area contributed by atoms with E-state index in [0.717, 1.165) is 17.4 Å². The second kappa shape index (κ2) is 9.01. The van der Waals surface area contributed by atoms with E-state index in [9.17, 15) is 17.6 Å². The number of furan rings is 1. The van der Waals surface area contributed by atoms with Crippen molar-refractivity contribution in [1.82, 2.24) is 4.72 Å². The fraction of sp³-hybridized carbons (Fsp3) is 0.227. The fourth-order valence-corrected chi connectivity index (χ4v) is 4.46. The number of ether oxygens (including phenoxy) is 1. The number of rotatable bonds is 8. The lowest BCUT2D eigenvalue weighted by molar-refractivity contribution is -0.116. The molecule has 0 spiro atoms. The van der Waals surface area contributed by atoms with Crippen molar-refractivity contribution in [3.05, 3.63) is 83.1 Å². The third-order valence-corrected chi connectivity index (χ3v) is 6.31. The Morgan fingerprint density at radius 3 is 2.71 bits per heavy atom. The maximum Gasteiger partial charge on any atom is 0.243 e. The number of carbonyl (C=O) groups is 1. The molecule has 1 aliphatic heterocycles. The number of anilines is 1. The molecule has 0 fully saturated rings. The fourth-order valence-electron chi connectivity index (χ4n) is 3.34. The third-order valence-electron chi connectivity index (χ3n) is 4.89. The van der Waals surface area contributed by atoms with Crippen LogP contribution in [0.3, 0.4) is 0 Å². The van der Waals surface area contributed by atoms with Crippen LogP contribution in [0, 0.1) is 5.82 Å². The predicted octanol–water partition coefficient (Wildman–Crippen LogP) is 3.50. The van der Waals surface area contributed by atoms with Crippen molar-refractivity contribution in [3.8, 4) is 0 Å². The standard InChI is InChI=1S/C22H21FN2O5S/c23-19-11-20-17(6-7-22(26)25-20)10-21(19)31(27,28)24-12-15-3-1-4-16(9-15)13-29-14-18-5-2-8-30-18/h1-5,8-11,24H,6-7,12-14H2,(H,25,26). The van der Waals surface area contributed by atoms with E-state index >= 15 is 0 Å². The highest BCUT2D eigenvalue weighted by Gasteiger charge is 2.24. The summed E-state index contributed by atoms with van der Waals surface area (Å²) in [5, 5.41) is 2.56. The number of fused-ring (bicyclic) bond motifs is 1. The molecule has 4 rings (SSSR count). The highest BCUT2D eigenvalue weighted by atomic mass is 32.2. The summed E-state index contributed by atoms with van der Waals surface area (Å²) < 4.78 is 53.1. The van der Waals surface area contributed by atoms with Gasteiger partial charge in [-0.1, -0.05) is 24.3 Å². The van der Waals surface area contributed by atoms with Gasteiger partial charge in [0.05, 0.1) is 12.9 Å². The number of nitrogens with one attached hydrogen (secondary N) is 2. The third kappa shape index (κ3) is 5.19. The van der Waals surface area contributed by atoms with E-state index in [4.69, 9.17) is 9.15 Å². The predicted molar refractivity (Wildman–Crippen MR) is 111 cm³/mol. The van der Waals surface area contributed by atoms with Gasteiger partial charge in [0.2, 0.25) is 15.9 Å². The molecule has 0 atom stereocenters. The van der Waals surface area contributed by atoms with Gasteiger partial charge in [-0.25, -0.2) is 17.5 Å². The summed E-state index contributed by atoms with van der Waals surface area (Å²) in [6.45, 7) is 0.677. The lowest BCUT2D eigenvalue weighted by Gasteiger charge is -2.18. The van der Waals surface area contributed by atoms with Gasteiger partial charge in [0.1, 0.15) is 23.1 Å². The second-order valence-electron chi connectivity index (χ2n) is 7.20. The van der Waals surface area contributed by atoms with E-state index in [-0.39, 0.29) is 18.9 Å². The van der Waals surface area contributed by atoms with E-state index in [1.54, 1.807) is 24.5 Å². The van der Waals surface area contributed by atoms with Crippen molar-refractivity contribution in [2.24, 2.45) is 0 Å². The molecule has 2 N–H and O–H groups in total. The molecule has 2 aromatic carbocycles. The van der Waals surface area contributed by atoms with Crippen LogP contribution in [0.15, 0.2) is 64.1 Å². The Morgan fingerprint density at radius 1 is 1.06 bits per heavy atom. The van der Waals surface area contributed by atoms with E-state index in [0.29, 0.717) is 36.4 Å². The molecule has 7 nitrogen and oxygen atoms in total. The molecule has 0 saturated carbocycles. The van der Waals surface area contributed by atoms with Crippen molar-refractivity contribution in [1.29, 1.82) is 0 Å². The average Bonchev–Trinajstić information content (AvgIpc) is 3.25. The molecular formula is C22H21FN2O5S. The first-order chi connectivity index (χ1) is 14.9. The minimum atomic E-state index is -4.08. The van der Waals surface area contributed by atoms with Gasteiger partial charge in [-0.2, -0.15) is 0 Å². The maximum atomic E-state index is 14.5. The molecule has 162 valence electrons. The largest absolute Gasteiger partial charge is 0.467 e. The molecule has 31 heavy (non-hydrogen) atoms. The van der Waals surface area contributed by atoms with E-state index in [1.165, 1.54) is 6.07 Å². The first-order valence-electron chi connectivity index (χ1n) is 9.70. The number of hydrogen-bond acceptors (Lipinski definition) is 5. The molecule has 0 aliphatic carbocycles. The molecule has 1 aromatic heterocycles. The highest BCUT2D eigenvalue weighted by Crippen LogP contribution is 2.28. The Hall–Kier alpha value is -3.01. The van der Waals surface area contributed by atoms with Crippen molar-refractivity contribution in [3.63, 3.8) is 0 Å². The van der Waals surface area contributed by atoms with Crippen LogP contribution in [-0.2, 0) is 45.7 Å². The van der Waals surface area contributed by atoms with Gasteiger partial charge in [0.15, 0.2) is 0 Å². The molecule has 2 heterocycles. The van der Waals surface area contributed by atoms with Crippen LogP contribution in [0.4, 0.5) is 10.1 Å². The van der Waals surface area contributed by atoms with E-state index in [1.807, 2.05) is 18.2 Å². The Kier molecular flexibility index (Phi) is 6.17. The summed E-state index contributed by atoms with van der Waals surface area (Å²) in [6, 6.07) is 13.2. The lowest BCUT2D eigenvalue weighted by atomic mass is 10.0. The smallest absolute Gasteiger partial charge is 0.243 e. The summed E-state index contributed by atoms with van der Waals surface area (Å²) in [6.07, 6.45) is 2.18. The molecule has 1 amide bonds. The summed E-state index contributed by atoms with van der Waals surface area (Å²) >= 11 is 0. The molecule has 0 unspecified atom stereocenters. The van der Waals surface area contributed by atoms with Crippen LogP contribution in [-0.4, -0.2) is 14.3 Å². The highest BCUT2D eigenvalue weighted by molar-refractivity contribution is 7.89. The molecule has 0 saturated heterocycles. The van der Waals surface area contributed by atoms with Gasteiger partial charge in [0, 0.05) is 18.7 Å². The van der Waals surface area contributed by atoms with Crippen molar-refractivity contribution >= 4 is 21.6 Å². The zero-order valence-electron chi connectivity index (χ0n) is 16.6. The number of sulfonamides is 1. The van der Waals surface area contributed by atoms with Gasteiger partial charge < -0.3 is 14.5 Å². The minimum absolute atomic E-state index is 0.00161. The van der Waals surface area contributed by atoms with Gasteiger partial charge >= 0.3 is 0 Å². The minimum Gasteiger partial charge on any atom is -0.467 e. The van der Waals surface area contributed by atoms with Crippen LogP contribution in [0.5, 0.6) is 0 Å².